The molecule has 1 rings (SSSR count). The van der Waals surface area contributed by atoms with E-state index in [0.717, 1.165) is 19.5 Å². The van der Waals surface area contributed by atoms with Gasteiger partial charge in [-0.15, -0.1) is 0 Å². The Morgan fingerprint density at radius 3 is 2.71 bits per heavy atom. The number of aliphatic hydroxyl groups is 1. The summed E-state index contributed by atoms with van der Waals surface area (Å²) >= 11 is 0. The minimum atomic E-state index is -0.809. The average Bonchev–Trinajstić information content (AvgIpc) is 2.51. The molecule has 0 aliphatic carbocycles. The van der Waals surface area contributed by atoms with E-state index in [1.807, 2.05) is 0 Å². The Kier molecular flexibility index (Phi) is 3.50. The van der Waals surface area contributed by atoms with Crippen LogP contribution < -0.4 is 5.32 Å². The van der Waals surface area contributed by atoms with Crippen LogP contribution in [0.4, 0.5) is 0 Å². The number of nitrogens with zero attached hydrogens (tertiary/aromatic N) is 1. The molecule has 0 aromatic heterocycles. The Hall–Kier alpha value is -0.610. The van der Waals surface area contributed by atoms with E-state index in [-0.39, 0.29) is 11.8 Å². The summed E-state index contributed by atoms with van der Waals surface area (Å²) in [6.07, 6.45) is 0.912. The monoisotopic (exact) mass is 200 g/mol. The first-order valence-corrected chi connectivity index (χ1v) is 5.08. The largest absolute Gasteiger partial charge is 0.389 e. The van der Waals surface area contributed by atoms with Crippen LogP contribution >= 0.6 is 0 Å². The molecule has 2 N–H and O–H groups in total. The topological polar surface area (TPSA) is 52.6 Å². The number of likely N-dealkylation sites (N-methyl/N-ethyl adjacent to an activating group) is 1. The minimum Gasteiger partial charge on any atom is -0.389 e. The maximum atomic E-state index is 11.8. The van der Waals surface area contributed by atoms with E-state index in [1.54, 1.807) is 25.8 Å². The molecule has 1 heterocycles. The third-order valence-electron chi connectivity index (χ3n) is 2.41. The summed E-state index contributed by atoms with van der Waals surface area (Å²) in [6.45, 7) is 5.51. The predicted octanol–water partition coefficient (Wildman–Crippen LogP) is -0.175. The van der Waals surface area contributed by atoms with Crippen molar-refractivity contribution in [2.24, 2.45) is 5.92 Å². The molecule has 0 aromatic carbocycles. The maximum Gasteiger partial charge on any atom is 0.226 e. The number of carbonyl (C=O) groups is 1. The van der Waals surface area contributed by atoms with Crippen LogP contribution in [0, 0.1) is 5.92 Å². The van der Waals surface area contributed by atoms with Crippen LogP contribution in [-0.4, -0.2) is 48.2 Å². The van der Waals surface area contributed by atoms with Gasteiger partial charge < -0.3 is 15.3 Å². The lowest BCUT2D eigenvalue weighted by Gasteiger charge is -2.27. The molecule has 1 aliphatic heterocycles. The highest BCUT2D eigenvalue weighted by molar-refractivity contribution is 5.79. The molecular weight excluding hydrogens is 180 g/mol. The molecular formula is C10H20N2O2. The number of hydrogen-bond donors (Lipinski definition) is 2. The summed E-state index contributed by atoms with van der Waals surface area (Å²) in [5.41, 5.74) is -0.809. The summed E-state index contributed by atoms with van der Waals surface area (Å²) in [6, 6.07) is 0. The van der Waals surface area contributed by atoms with Crippen LogP contribution in [-0.2, 0) is 4.79 Å². The van der Waals surface area contributed by atoms with E-state index in [0.29, 0.717) is 6.54 Å². The number of amides is 1. The molecule has 4 heteroatoms. The van der Waals surface area contributed by atoms with Crippen LogP contribution in [0.25, 0.3) is 0 Å². The Labute approximate surface area is 85.3 Å². The molecule has 0 saturated carbocycles. The fourth-order valence-electron chi connectivity index (χ4n) is 1.84. The molecule has 0 bridgehead atoms. The van der Waals surface area contributed by atoms with Crippen molar-refractivity contribution in [1.29, 1.82) is 0 Å². The highest BCUT2D eigenvalue weighted by atomic mass is 16.3. The first-order chi connectivity index (χ1) is 6.40. The third-order valence-corrected chi connectivity index (χ3v) is 2.41. The molecule has 0 spiro atoms. The molecule has 1 atom stereocenters. The lowest BCUT2D eigenvalue weighted by atomic mass is 10.1. The van der Waals surface area contributed by atoms with Gasteiger partial charge in [-0.3, -0.25) is 4.79 Å². The fourth-order valence-corrected chi connectivity index (χ4v) is 1.84. The van der Waals surface area contributed by atoms with Crippen LogP contribution in [0.2, 0.25) is 0 Å². The number of nitrogens with one attached hydrogen (secondary N) is 1. The molecule has 0 radical (unpaired) electrons. The molecule has 1 fully saturated rings. The molecule has 14 heavy (non-hydrogen) atoms. The van der Waals surface area contributed by atoms with Crippen LogP contribution in [0.1, 0.15) is 20.3 Å². The molecule has 1 aliphatic rings. The van der Waals surface area contributed by atoms with Crippen molar-refractivity contribution in [3.8, 4) is 0 Å². The van der Waals surface area contributed by atoms with Gasteiger partial charge in [0.1, 0.15) is 0 Å². The standard InChI is InChI=1S/C10H20N2O2/c1-10(2,14)7-12(3)9(13)8-4-5-11-6-8/h8,11,14H,4-7H2,1-3H3. The van der Waals surface area contributed by atoms with Crippen molar-refractivity contribution in [2.45, 2.75) is 25.9 Å². The first-order valence-electron chi connectivity index (χ1n) is 5.08. The zero-order chi connectivity index (χ0) is 10.8. The Morgan fingerprint density at radius 1 is 1.64 bits per heavy atom. The number of rotatable bonds is 3. The molecule has 1 saturated heterocycles. The van der Waals surface area contributed by atoms with Gasteiger partial charge in [-0.05, 0) is 26.8 Å². The zero-order valence-electron chi connectivity index (χ0n) is 9.21. The molecule has 0 aromatic rings. The normalized spacial score (nSPS) is 22.4. The van der Waals surface area contributed by atoms with Crippen LogP contribution in [0.3, 0.4) is 0 Å². The fraction of sp³-hybridized carbons (Fsp3) is 0.900. The van der Waals surface area contributed by atoms with Gasteiger partial charge in [-0.25, -0.2) is 0 Å². The summed E-state index contributed by atoms with van der Waals surface area (Å²) in [7, 11) is 1.75. The summed E-state index contributed by atoms with van der Waals surface area (Å²) < 4.78 is 0. The van der Waals surface area contributed by atoms with Gasteiger partial charge in [-0.2, -0.15) is 0 Å². The minimum absolute atomic E-state index is 0.0994. The summed E-state index contributed by atoms with van der Waals surface area (Å²) in [5.74, 6) is 0.236. The Balaban J connectivity index is 2.43. The van der Waals surface area contributed by atoms with Crippen molar-refractivity contribution >= 4 is 5.91 Å². The van der Waals surface area contributed by atoms with Crippen LogP contribution in [0.5, 0.6) is 0 Å². The second-order valence-electron chi connectivity index (χ2n) is 4.70. The van der Waals surface area contributed by atoms with E-state index < -0.39 is 5.60 Å². The summed E-state index contributed by atoms with van der Waals surface area (Å²) in [4.78, 5) is 13.4. The van der Waals surface area contributed by atoms with Crippen LogP contribution in [0.15, 0.2) is 0 Å². The van der Waals surface area contributed by atoms with Gasteiger partial charge >= 0.3 is 0 Å². The van der Waals surface area contributed by atoms with Crippen molar-refractivity contribution in [2.75, 3.05) is 26.7 Å². The van der Waals surface area contributed by atoms with Gasteiger partial charge in [0.05, 0.1) is 11.5 Å². The smallest absolute Gasteiger partial charge is 0.226 e. The average molecular weight is 200 g/mol. The van der Waals surface area contributed by atoms with E-state index >= 15 is 0 Å². The van der Waals surface area contributed by atoms with Crippen molar-refractivity contribution in [3.63, 3.8) is 0 Å². The van der Waals surface area contributed by atoms with Crippen molar-refractivity contribution in [1.82, 2.24) is 10.2 Å². The third kappa shape index (κ3) is 3.27. The molecule has 1 unspecified atom stereocenters. The zero-order valence-corrected chi connectivity index (χ0v) is 9.21. The molecule has 4 nitrogen and oxygen atoms in total. The van der Waals surface area contributed by atoms with Crippen molar-refractivity contribution in [3.05, 3.63) is 0 Å². The predicted molar refractivity (Wildman–Crippen MR) is 54.9 cm³/mol. The summed E-state index contributed by atoms with van der Waals surface area (Å²) in [5, 5.41) is 12.7. The van der Waals surface area contributed by atoms with E-state index in [9.17, 15) is 9.90 Å². The first kappa shape index (κ1) is 11.5. The Morgan fingerprint density at radius 2 is 2.29 bits per heavy atom. The maximum absolute atomic E-state index is 11.8. The van der Waals surface area contributed by atoms with Gasteiger partial charge in [0.15, 0.2) is 0 Å². The lowest BCUT2D eigenvalue weighted by molar-refractivity contribution is -0.136. The second kappa shape index (κ2) is 4.28. The number of carbonyl (C=O) groups excluding carboxylic acids is 1. The second-order valence-corrected chi connectivity index (χ2v) is 4.70. The van der Waals surface area contributed by atoms with Gasteiger partial charge in [0.2, 0.25) is 5.91 Å². The highest BCUT2D eigenvalue weighted by Gasteiger charge is 2.27. The van der Waals surface area contributed by atoms with Crippen molar-refractivity contribution < 1.29 is 9.90 Å². The molecule has 1 amide bonds. The molecule has 82 valence electrons. The Bertz CT molecular complexity index is 205. The van der Waals surface area contributed by atoms with E-state index in [2.05, 4.69) is 5.32 Å². The van der Waals surface area contributed by atoms with Gasteiger partial charge in [-0.1, -0.05) is 0 Å². The van der Waals surface area contributed by atoms with Gasteiger partial charge in [0.25, 0.3) is 0 Å². The van der Waals surface area contributed by atoms with E-state index in [4.69, 9.17) is 0 Å². The number of hydrogen-bond acceptors (Lipinski definition) is 3. The highest BCUT2D eigenvalue weighted by Crippen LogP contribution is 2.12. The lowest BCUT2D eigenvalue weighted by Crippen LogP contribution is -2.42. The quantitative estimate of drug-likeness (QED) is 0.665. The van der Waals surface area contributed by atoms with Gasteiger partial charge in [0, 0.05) is 20.1 Å². The SMILES string of the molecule is CN(CC(C)(C)O)C(=O)C1CCNC1. The van der Waals surface area contributed by atoms with E-state index in [1.165, 1.54) is 0 Å².